The fraction of sp³-hybridized carbons (Fsp3) is 0.462. The van der Waals surface area contributed by atoms with Gasteiger partial charge in [-0.15, -0.1) is 10.1 Å². The Morgan fingerprint density at radius 3 is 2.45 bits per heavy atom. The molecular formula is C39H54N2O10. The number of unbranched alkanes of at least 4 members (excludes halogenated alkanes) is 2. The van der Waals surface area contributed by atoms with Crippen molar-refractivity contribution in [1.29, 1.82) is 0 Å². The molecule has 1 saturated carbocycles. The van der Waals surface area contributed by atoms with Crippen LogP contribution in [0.3, 0.4) is 0 Å². The number of ether oxygens (including phenoxy) is 4. The summed E-state index contributed by atoms with van der Waals surface area (Å²) in [6.07, 6.45) is 22.4. The molecule has 1 N–H and O–H groups in total. The predicted molar refractivity (Wildman–Crippen MR) is 197 cm³/mol. The topological polar surface area (TPSA) is 153 Å². The monoisotopic (exact) mass is 710 g/mol. The van der Waals surface area contributed by atoms with E-state index in [0.29, 0.717) is 12.0 Å². The van der Waals surface area contributed by atoms with E-state index in [0.717, 1.165) is 30.8 Å². The van der Waals surface area contributed by atoms with Crippen LogP contribution < -0.4 is 19.5 Å². The Kier molecular flexibility index (Phi) is 23.8. The fourth-order valence-corrected chi connectivity index (χ4v) is 4.58. The minimum atomic E-state index is -0.986. The number of carbonyl (C=O) groups is 3. The largest absolute Gasteiger partial charge is 0.493 e. The summed E-state index contributed by atoms with van der Waals surface area (Å²) >= 11 is 0. The summed E-state index contributed by atoms with van der Waals surface area (Å²) in [5.74, 6) is 0.804. The number of nitrogens with zero attached hydrogens (tertiary/aromatic N) is 1. The van der Waals surface area contributed by atoms with Gasteiger partial charge in [0.2, 0.25) is 6.41 Å². The minimum absolute atomic E-state index is 0.138. The Morgan fingerprint density at radius 1 is 1.04 bits per heavy atom. The van der Waals surface area contributed by atoms with Crippen LogP contribution in [-0.2, 0) is 24.0 Å². The molecule has 0 aromatic heterocycles. The Hall–Kier alpha value is -5.13. The van der Waals surface area contributed by atoms with E-state index in [9.17, 15) is 24.5 Å². The van der Waals surface area contributed by atoms with Crippen LogP contribution in [0.15, 0.2) is 72.8 Å². The number of nitrogens with one attached hydrogen (secondary N) is 1. The number of benzene rings is 2. The average molecular weight is 711 g/mol. The molecule has 0 saturated heterocycles. The molecule has 0 spiro atoms. The highest BCUT2D eigenvalue weighted by molar-refractivity contribution is 5.87. The molecule has 0 heterocycles. The number of esters is 2. The molecule has 3 rings (SSSR count). The lowest BCUT2D eigenvalue weighted by Gasteiger charge is -2.13. The second kappa shape index (κ2) is 27.7. The van der Waals surface area contributed by atoms with Crippen molar-refractivity contribution in [2.75, 3.05) is 26.9 Å². The lowest BCUT2D eigenvalue weighted by molar-refractivity contribution is -0.757. The molecule has 0 bridgehead atoms. The summed E-state index contributed by atoms with van der Waals surface area (Å²) in [4.78, 5) is 47.6. The zero-order valence-corrected chi connectivity index (χ0v) is 30.5. The number of hydrogen-bond acceptors (Lipinski definition) is 10. The molecular weight excluding hydrogens is 656 g/mol. The second-order valence-electron chi connectivity index (χ2n) is 11.5. The third kappa shape index (κ3) is 21.5. The average Bonchev–Trinajstić information content (AvgIpc) is 3.64. The second-order valence-corrected chi connectivity index (χ2v) is 11.5. The summed E-state index contributed by atoms with van der Waals surface area (Å²) < 4.78 is 20.7. The maximum absolute atomic E-state index is 11.8. The number of rotatable bonds is 19. The van der Waals surface area contributed by atoms with E-state index < -0.39 is 23.1 Å². The summed E-state index contributed by atoms with van der Waals surface area (Å²) in [6.45, 7) is 7.98. The SMILES string of the molecule is C/C=C\CCCC.COc1cc(/C=C/C(=O)OCCO[N+](=O)[O-])ccc1OC(=O)C(C)NC=O.Cc1cccc(OCC/C=C/C2CCCC2)c1. The van der Waals surface area contributed by atoms with Crippen LogP contribution in [0.25, 0.3) is 6.08 Å². The highest BCUT2D eigenvalue weighted by Gasteiger charge is 2.17. The molecule has 51 heavy (non-hydrogen) atoms. The Bertz CT molecular complexity index is 1400. The van der Waals surface area contributed by atoms with Gasteiger partial charge in [-0.05, 0) is 93.8 Å². The molecule has 2 aromatic carbocycles. The number of amides is 1. The number of carbonyl (C=O) groups excluding carboxylic acids is 3. The third-order valence-corrected chi connectivity index (χ3v) is 7.32. The van der Waals surface area contributed by atoms with Gasteiger partial charge in [0.1, 0.15) is 25.0 Å². The van der Waals surface area contributed by atoms with Crippen LogP contribution in [0.4, 0.5) is 0 Å². The number of allylic oxidation sites excluding steroid dienone is 3. The van der Waals surface area contributed by atoms with Crippen molar-refractivity contribution in [3.05, 3.63) is 94.1 Å². The van der Waals surface area contributed by atoms with Gasteiger partial charge in [-0.25, -0.2) is 9.59 Å². The van der Waals surface area contributed by atoms with E-state index in [-0.39, 0.29) is 24.7 Å². The smallest absolute Gasteiger partial charge is 0.333 e. The molecule has 1 unspecified atom stereocenters. The number of methoxy groups -OCH3 is 1. The zero-order chi connectivity index (χ0) is 37.7. The van der Waals surface area contributed by atoms with E-state index in [1.165, 1.54) is 82.8 Å². The molecule has 12 nitrogen and oxygen atoms in total. The summed E-state index contributed by atoms with van der Waals surface area (Å²) in [6, 6.07) is 11.9. The first-order valence-electron chi connectivity index (χ1n) is 17.3. The third-order valence-electron chi connectivity index (χ3n) is 7.32. The molecule has 12 heteroatoms. The zero-order valence-electron chi connectivity index (χ0n) is 30.5. The summed E-state index contributed by atoms with van der Waals surface area (Å²) in [7, 11) is 1.37. The molecule has 1 atom stereocenters. The fourth-order valence-electron chi connectivity index (χ4n) is 4.58. The van der Waals surface area contributed by atoms with Crippen molar-refractivity contribution >= 4 is 24.4 Å². The quantitative estimate of drug-likeness (QED) is 0.0224. The maximum Gasteiger partial charge on any atom is 0.333 e. The van der Waals surface area contributed by atoms with Crippen LogP contribution in [-0.4, -0.2) is 56.4 Å². The van der Waals surface area contributed by atoms with Gasteiger partial charge >= 0.3 is 11.9 Å². The first-order chi connectivity index (χ1) is 24.6. The van der Waals surface area contributed by atoms with Gasteiger partial charge in [-0.3, -0.25) is 4.79 Å². The van der Waals surface area contributed by atoms with E-state index in [2.05, 4.69) is 67.4 Å². The highest BCUT2D eigenvalue weighted by Crippen LogP contribution is 2.29. The Balaban J connectivity index is 0.000000457. The first kappa shape index (κ1) is 43.9. The summed E-state index contributed by atoms with van der Waals surface area (Å²) in [5, 5.41) is 11.2. The summed E-state index contributed by atoms with van der Waals surface area (Å²) in [5.41, 5.74) is 1.80. The Morgan fingerprint density at radius 2 is 1.80 bits per heavy atom. The van der Waals surface area contributed by atoms with Crippen molar-refractivity contribution < 1.29 is 43.3 Å². The van der Waals surface area contributed by atoms with Crippen molar-refractivity contribution in [2.45, 2.75) is 85.1 Å². The van der Waals surface area contributed by atoms with Crippen LogP contribution in [0, 0.1) is 23.0 Å². The molecule has 1 aliphatic rings. The standard InChI is InChI=1S/C16H18N2O9.C16H22O.C7H14/c1-11(17-10-19)16(21)27-13-5-3-12(9-14(13)24-2)4-6-15(20)25-7-8-26-18(22)23;1-14-7-6-11-16(13-14)17-12-5-4-10-15-8-2-3-9-15;1-3-5-7-6-4-2/h3-6,9-11H,7-8H2,1-2H3,(H,17,19);4,6-7,10-11,13,15H,2-3,5,8-9,12H2,1H3;3,5H,4,6-7H2,1-2H3/b6-4+;10-4+;5-3-. The van der Waals surface area contributed by atoms with Gasteiger partial charge in [0, 0.05) is 6.08 Å². The van der Waals surface area contributed by atoms with Crippen LogP contribution in [0.1, 0.15) is 83.3 Å². The van der Waals surface area contributed by atoms with E-state index in [4.69, 9.17) is 18.9 Å². The first-order valence-corrected chi connectivity index (χ1v) is 17.3. The number of aryl methyl sites for hydroxylation is 1. The predicted octanol–water partition coefficient (Wildman–Crippen LogP) is 7.76. The van der Waals surface area contributed by atoms with Crippen molar-refractivity contribution in [1.82, 2.24) is 5.32 Å². The van der Waals surface area contributed by atoms with Crippen molar-refractivity contribution in [3.8, 4) is 17.2 Å². The molecule has 280 valence electrons. The van der Waals surface area contributed by atoms with Crippen LogP contribution in [0.5, 0.6) is 17.2 Å². The normalized spacial score (nSPS) is 13.0. The molecule has 0 radical (unpaired) electrons. The lowest BCUT2D eigenvalue weighted by Crippen LogP contribution is -2.36. The van der Waals surface area contributed by atoms with Crippen LogP contribution >= 0.6 is 0 Å². The highest BCUT2D eigenvalue weighted by atomic mass is 17.0. The van der Waals surface area contributed by atoms with Gasteiger partial charge in [0.15, 0.2) is 11.5 Å². The maximum atomic E-state index is 11.8. The lowest BCUT2D eigenvalue weighted by atomic mass is 10.1. The molecule has 0 aliphatic heterocycles. The molecule has 1 amide bonds. The van der Waals surface area contributed by atoms with Crippen molar-refractivity contribution in [2.24, 2.45) is 5.92 Å². The minimum Gasteiger partial charge on any atom is -0.493 e. The van der Waals surface area contributed by atoms with Gasteiger partial charge in [0.05, 0.1) is 13.7 Å². The van der Waals surface area contributed by atoms with Crippen LogP contribution in [0.2, 0.25) is 0 Å². The molecule has 1 aliphatic carbocycles. The molecule has 2 aromatic rings. The van der Waals surface area contributed by atoms with E-state index >= 15 is 0 Å². The number of hydrogen-bond donors (Lipinski definition) is 1. The van der Waals surface area contributed by atoms with Gasteiger partial charge < -0.3 is 29.1 Å². The van der Waals surface area contributed by atoms with Crippen molar-refractivity contribution in [3.63, 3.8) is 0 Å². The van der Waals surface area contributed by atoms with E-state index in [1.54, 1.807) is 6.07 Å². The van der Waals surface area contributed by atoms with E-state index in [1.807, 2.05) is 12.1 Å². The van der Waals surface area contributed by atoms with Gasteiger partial charge in [-0.1, -0.05) is 75.1 Å². The molecule has 1 fully saturated rings. The Labute approximate surface area is 301 Å². The van der Waals surface area contributed by atoms with Gasteiger partial charge in [-0.2, -0.15) is 0 Å². The van der Waals surface area contributed by atoms with Gasteiger partial charge in [0.25, 0.3) is 5.09 Å².